The molecule has 0 radical (unpaired) electrons. The van der Waals surface area contributed by atoms with Gasteiger partial charge in [0.15, 0.2) is 0 Å². The molecule has 124 valence electrons. The van der Waals surface area contributed by atoms with E-state index in [0.717, 1.165) is 52.0 Å². The fourth-order valence-electron chi connectivity index (χ4n) is 3.79. The van der Waals surface area contributed by atoms with Crippen LogP contribution in [0.2, 0.25) is 0 Å². The summed E-state index contributed by atoms with van der Waals surface area (Å²) in [7, 11) is 4.25. The number of aromatic nitrogens is 2. The molecule has 5 nitrogen and oxygen atoms in total. The zero-order chi connectivity index (χ0) is 15.4. The van der Waals surface area contributed by atoms with Gasteiger partial charge in [-0.3, -0.25) is 4.68 Å². The molecule has 1 aromatic heterocycles. The van der Waals surface area contributed by atoms with Crippen LogP contribution < -0.4 is 0 Å². The van der Waals surface area contributed by atoms with Crippen LogP contribution in [0.3, 0.4) is 0 Å². The molecule has 5 heteroatoms. The van der Waals surface area contributed by atoms with Gasteiger partial charge in [-0.05, 0) is 57.7 Å². The molecule has 2 fully saturated rings. The first-order valence-corrected chi connectivity index (χ1v) is 8.56. The zero-order valence-electron chi connectivity index (χ0n) is 14.0. The third-order valence-electron chi connectivity index (χ3n) is 5.23. The molecule has 1 aromatic rings. The number of hydrogen-bond acceptors (Lipinski definition) is 4. The van der Waals surface area contributed by atoms with Crippen LogP contribution in [0.5, 0.6) is 0 Å². The lowest BCUT2D eigenvalue weighted by atomic mass is 9.83. The molecule has 0 aromatic carbocycles. The highest BCUT2D eigenvalue weighted by Crippen LogP contribution is 2.35. The van der Waals surface area contributed by atoms with Gasteiger partial charge in [0.05, 0.1) is 11.8 Å². The van der Waals surface area contributed by atoms with E-state index in [9.17, 15) is 0 Å². The maximum atomic E-state index is 6.15. The first kappa shape index (κ1) is 16.0. The minimum atomic E-state index is 0.0960. The fourth-order valence-corrected chi connectivity index (χ4v) is 3.79. The summed E-state index contributed by atoms with van der Waals surface area (Å²) in [6, 6.07) is 0.653. The predicted molar refractivity (Wildman–Crippen MR) is 85.9 cm³/mol. The van der Waals surface area contributed by atoms with Crippen LogP contribution in [0, 0.1) is 0 Å². The predicted octanol–water partition coefficient (Wildman–Crippen LogP) is 2.01. The van der Waals surface area contributed by atoms with Crippen LogP contribution in [0.1, 0.15) is 37.7 Å². The van der Waals surface area contributed by atoms with Crippen molar-refractivity contribution in [3.05, 3.63) is 18.0 Å². The number of hydrogen-bond donors (Lipinski definition) is 0. The number of aryl methyl sites for hydroxylation is 2. The maximum absolute atomic E-state index is 6.15. The Morgan fingerprint density at radius 3 is 2.91 bits per heavy atom. The lowest BCUT2D eigenvalue weighted by Gasteiger charge is -2.45. The quantitative estimate of drug-likeness (QED) is 0.834. The number of rotatable bonds is 5. The second-order valence-electron chi connectivity index (χ2n) is 6.90. The fraction of sp³-hybridized carbons (Fsp3) is 0.824. The Morgan fingerprint density at radius 1 is 1.36 bits per heavy atom. The minimum Gasteiger partial charge on any atom is -0.381 e. The van der Waals surface area contributed by atoms with Gasteiger partial charge in [-0.25, -0.2) is 0 Å². The Kier molecular flexibility index (Phi) is 5.16. The van der Waals surface area contributed by atoms with E-state index < -0.39 is 0 Å². The lowest BCUT2D eigenvalue weighted by molar-refractivity contribution is -0.149. The van der Waals surface area contributed by atoms with E-state index in [4.69, 9.17) is 9.47 Å². The van der Waals surface area contributed by atoms with Gasteiger partial charge in [-0.15, -0.1) is 0 Å². The monoisotopic (exact) mass is 307 g/mol. The van der Waals surface area contributed by atoms with Crippen molar-refractivity contribution in [3.63, 3.8) is 0 Å². The molecule has 3 heterocycles. The molecular formula is C17H29N3O2. The van der Waals surface area contributed by atoms with Crippen LogP contribution in [0.4, 0.5) is 0 Å². The van der Waals surface area contributed by atoms with E-state index >= 15 is 0 Å². The molecule has 1 spiro atoms. The van der Waals surface area contributed by atoms with Crippen LogP contribution in [-0.4, -0.2) is 59.7 Å². The van der Waals surface area contributed by atoms with Crippen LogP contribution in [-0.2, 0) is 22.9 Å². The highest BCUT2D eigenvalue weighted by Gasteiger charge is 2.39. The van der Waals surface area contributed by atoms with Gasteiger partial charge in [-0.1, -0.05) is 0 Å². The van der Waals surface area contributed by atoms with Crippen molar-refractivity contribution in [1.29, 1.82) is 0 Å². The Labute approximate surface area is 133 Å². The average Bonchev–Trinajstić information content (AvgIpc) is 2.93. The normalized spacial score (nSPS) is 25.0. The van der Waals surface area contributed by atoms with Gasteiger partial charge in [0.1, 0.15) is 0 Å². The van der Waals surface area contributed by atoms with Crippen LogP contribution >= 0.6 is 0 Å². The summed E-state index contributed by atoms with van der Waals surface area (Å²) in [5.41, 5.74) is 1.43. The lowest BCUT2D eigenvalue weighted by Crippen LogP contribution is -2.50. The summed E-state index contributed by atoms with van der Waals surface area (Å²) in [6.07, 6.45) is 10.8. The SMILES string of the molecule is CN(CCCc1cnn(C)c1)[C@@H]1CCOC2(CCOCC2)C1. The molecule has 0 aliphatic carbocycles. The number of ether oxygens (including phenoxy) is 2. The average molecular weight is 307 g/mol. The molecular weight excluding hydrogens is 278 g/mol. The minimum absolute atomic E-state index is 0.0960. The van der Waals surface area contributed by atoms with Gasteiger partial charge in [0.25, 0.3) is 0 Å². The van der Waals surface area contributed by atoms with Crippen molar-refractivity contribution >= 4 is 0 Å². The molecule has 2 aliphatic heterocycles. The highest BCUT2D eigenvalue weighted by molar-refractivity contribution is 5.03. The summed E-state index contributed by atoms with van der Waals surface area (Å²) >= 11 is 0. The van der Waals surface area contributed by atoms with Crippen molar-refractivity contribution in [3.8, 4) is 0 Å². The molecule has 0 N–H and O–H groups in total. The second-order valence-corrected chi connectivity index (χ2v) is 6.90. The van der Waals surface area contributed by atoms with Crippen LogP contribution in [0.25, 0.3) is 0 Å². The van der Waals surface area contributed by atoms with E-state index in [2.05, 4.69) is 23.2 Å². The van der Waals surface area contributed by atoms with Gasteiger partial charge in [0, 0.05) is 39.1 Å². The summed E-state index contributed by atoms with van der Waals surface area (Å²) in [6.45, 7) is 3.76. The van der Waals surface area contributed by atoms with E-state index in [0.29, 0.717) is 6.04 Å². The Balaban J connectivity index is 1.46. The zero-order valence-corrected chi connectivity index (χ0v) is 14.0. The highest BCUT2D eigenvalue weighted by atomic mass is 16.5. The third-order valence-corrected chi connectivity index (χ3v) is 5.23. The van der Waals surface area contributed by atoms with E-state index in [-0.39, 0.29) is 5.60 Å². The van der Waals surface area contributed by atoms with Crippen molar-refractivity contribution in [2.75, 3.05) is 33.4 Å². The van der Waals surface area contributed by atoms with Gasteiger partial charge in [-0.2, -0.15) is 5.10 Å². The van der Waals surface area contributed by atoms with Gasteiger partial charge in [0.2, 0.25) is 0 Å². The largest absolute Gasteiger partial charge is 0.381 e. The molecule has 2 saturated heterocycles. The van der Waals surface area contributed by atoms with Crippen molar-refractivity contribution < 1.29 is 9.47 Å². The molecule has 2 aliphatic rings. The topological polar surface area (TPSA) is 39.5 Å². The van der Waals surface area contributed by atoms with Crippen molar-refractivity contribution in [2.24, 2.45) is 7.05 Å². The second kappa shape index (κ2) is 7.11. The first-order chi connectivity index (χ1) is 10.7. The molecule has 0 amide bonds. The van der Waals surface area contributed by atoms with E-state index in [1.807, 2.05) is 17.9 Å². The summed E-state index contributed by atoms with van der Waals surface area (Å²) in [5.74, 6) is 0. The Bertz CT molecular complexity index is 463. The number of nitrogens with zero attached hydrogens (tertiary/aromatic N) is 3. The van der Waals surface area contributed by atoms with Crippen molar-refractivity contribution in [2.45, 2.75) is 50.2 Å². The van der Waals surface area contributed by atoms with E-state index in [1.54, 1.807) is 0 Å². The van der Waals surface area contributed by atoms with Crippen molar-refractivity contribution in [1.82, 2.24) is 14.7 Å². The summed E-state index contributed by atoms with van der Waals surface area (Å²) in [4.78, 5) is 2.54. The molecule has 3 rings (SSSR count). The Hall–Kier alpha value is -0.910. The Morgan fingerprint density at radius 2 is 2.18 bits per heavy atom. The standard InChI is InChI=1S/C17H29N3O2/c1-19(8-3-4-15-13-18-20(2)14-15)16-5-9-22-17(12-16)6-10-21-11-7-17/h13-14,16H,3-12H2,1-2H3/t16-/m1/s1. The van der Waals surface area contributed by atoms with Crippen LogP contribution in [0.15, 0.2) is 12.4 Å². The maximum Gasteiger partial charge on any atom is 0.0741 e. The van der Waals surface area contributed by atoms with Gasteiger partial charge >= 0.3 is 0 Å². The van der Waals surface area contributed by atoms with E-state index in [1.165, 1.54) is 18.4 Å². The first-order valence-electron chi connectivity index (χ1n) is 8.56. The molecule has 1 atom stereocenters. The summed E-state index contributed by atoms with van der Waals surface area (Å²) in [5, 5.41) is 4.24. The third kappa shape index (κ3) is 3.89. The molecule has 0 saturated carbocycles. The summed E-state index contributed by atoms with van der Waals surface area (Å²) < 4.78 is 13.5. The molecule has 0 unspecified atom stereocenters. The van der Waals surface area contributed by atoms with Gasteiger partial charge < -0.3 is 14.4 Å². The molecule has 22 heavy (non-hydrogen) atoms. The molecule has 0 bridgehead atoms. The smallest absolute Gasteiger partial charge is 0.0741 e.